The lowest BCUT2D eigenvalue weighted by Gasteiger charge is -2.15. The Bertz CT molecular complexity index is 1580. The molecule has 36 heavy (non-hydrogen) atoms. The van der Waals surface area contributed by atoms with E-state index in [1.54, 1.807) is 34.1 Å². The van der Waals surface area contributed by atoms with Gasteiger partial charge in [0.05, 0.1) is 47.7 Å². The van der Waals surface area contributed by atoms with Gasteiger partial charge >= 0.3 is 0 Å². The SMILES string of the molecule is Cc1nc2ccc(Oc3ccc4ncc(-c5cnn(CCN6CCC(F)(F)C6)c5)nc4c3Cl)cc2[nH]1. The van der Waals surface area contributed by atoms with Gasteiger partial charge in [0.25, 0.3) is 5.92 Å². The fourth-order valence-corrected chi connectivity index (χ4v) is 4.65. The van der Waals surface area contributed by atoms with Crippen LogP contribution >= 0.6 is 11.6 Å². The van der Waals surface area contributed by atoms with Crippen molar-refractivity contribution in [2.24, 2.45) is 0 Å². The van der Waals surface area contributed by atoms with Crippen molar-refractivity contribution in [2.45, 2.75) is 25.8 Å². The van der Waals surface area contributed by atoms with Gasteiger partial charge < -0.3 is 9.72 Å². The molecule has 0 aliphatic carbocycles. The first-order valence-electron chi connectivity index (χ1n) is 11.6. The maximum atomic E-state index is 13.4. The van der Waals surface area contributed by atoms with E-state index in [1.807, 2.05) is 31.3 Å². The number of halogens is 3. The molecular formula is C25H22ClF2N7O. The number of rotatable bonds is 6. The number of ether oxygens (including phenoxy) is 1. The largest absolute Gasteiger partial charge is 0.456 e. The number of aromatic nitrogens is 6. The van der Waals surface area contributed by atoms with Gasteiger partial charge in [0.2, 0.25) is 0 Å². The van der Waals surface area contributed by atoms with Crippen molar-refractivity contribution in [3.8, 4) is 22.8 Å². The highest BCUT2D eigenvalue weighted by Gasteiger charge is 2.37. The summed E-state index contributed by atoms with van der Waals surface area (Å²) in [5.74, 6) is -0.685. The highest BCUT2D eigenvalue weighted by atomic mass is 35.5. The maximum Gasteiger partial charge on any atom is 0.261 e. The number of nitrogens with one attached hydrogen (secondary N) is 1. The lowest BCUT2D eigenvalue weighted by Crippen LogP contribution is -2.28. The van der Waals surface area contributed by atoms with Crippen molar-refractivity contribution in [3.05, 3.63) is 59.8 Å². The van der Waals surface area contributed by atoms with Crippen LogP contribution in [-0.4, -0.2) is 60.2 Å². The number of imidazole rings is 1. The molecule has 0 spiro atoms. The van der Waals surface area contributed by atoms with Crippen LogP contribution < -0.4 is 4.74 Å². The number of aryl methyl sites for hydroxylation is 1. The van der Waals surface area contributed by atoms with Gasteiger partial charge in [-0.2, -0.15) is 5.10 Å². The van der Waals surface area contributed by atoms with Gasteiger partial charge in [0, 0.05) is 37.3 Å². The summed E-state index contributed by atoms with van der Waals surface area (Å²) in [4.78, 5) is 18.6. The number of benzene rings is 2. The standard InChI is InChI=1S/C25H22ClF2N7O/c1-15-31-18-3-2-17(10-20(18)32-15)36-22-5-4-19-24(23(22)26)33-21(12-29-19)16-11-30-35(13-16)9-8-34-7-6-25(27,28)14-34/h2-5,10-13H,6-9,14H2,1H3,(H,31,32). The molecule has 0 radical (unpaired) electrons. The highest BCUT2D eigenvalue weighted by Crippen LogP contribution is 2.35. The minimum Gasteiger partial charge on any atom is -0.456 e. The van der Waals surface area contributed by atoms with Gasteiger partial charge in [-0.05, 0) is 31.2 Å². The van der Waals surface area contributed by atoms with Crippen molar-refractivity contribution in [2.75, 3.05) is 19.6 Å². The van der Waals surface area contributed by atoms with Gasteiger partial charge in [0.15, 0.2) is 0 Å². The molecule has 1 aliphatic rings. The highest BCUT2D eigenvalue weighted by molar-refractivity contribution is 6.36. The number of nitrogens with zero attached hydrogens (tertiary/aromatic N) is 6. The number of H-pyrrole nitrogens is 1. The molecule has 11 heteroatoms. The number of alkyl halides is 2. The van der Waals surface area contributed by atoms with E-state index in [1.165, 1.54) is 0 Å². The van der Waals surface area contributed by atoms with Crippen LogP contribution in [0.1, 0.15) is 12.2 Å². The molecule has 6 rings (SSSR count). The Kier molecular flexibility index (Phi) is 5.57. The molecule has 0 amide bonds. The lowest BCUT2D eigenvalue weighted by molar-refractivity contribution is 0.0119. The second-order valence-corrected chi connectivity index (χ2v) is 9.36. The normalized spacial score (nSPS) is 15.8. The zero-order chi connectivity index (χ0) is 24.9. The van der Waals surface area contributed by atoms with E-state index in [-0.39, 0.29) is 13.0 Å². The zero-order valence-electron chi connectivity index (χ0n) is 19.4. The van der Waals surface area contributed by atoms with E-state index in [0.717, 1.165) is 22.4 Å². The molecule has 8 nitrogen and oxygen atoms in total. The molecule has 0 saturated carbocycles. The molecule has 0 atom stereocenters. The van der Waals surface area contributed by atoms with Crippen LogP contribution in [0.4, 0.5) is 8.78 Å². The van der Waals surface area contributed by atoms with Gasteiger partial charge in [-0.25, -0.2) is 18.7 Å². The number of fused-ring (bicyclic) bond motifs is 2. The Morgan fingerprint density at radius 2 is 1.97 bits per heavy atom. The average molecular weight is 510 g/mol. The first-order chi connectivity index (χ1) is 17.3. The number of hydrogen-bond acceptors (Lipinski definition) is 6. The van der Waals surface area contributed by atoms with Crippen LogP contribution in [0.15, 0.2) is 48.9 Å². The van der Waals surface area contributed by atoms with E-state index >= 15 is 0 Å². The van der Waals surface area contributed by atoms with Crippen molar-refractivity contribution >= 4 is 33.7 Å². The first-order valence-corrected chi connectivity index (χ1v) is 11.9. The van der Waals surface area contributed by atoms with Crippen molar-refractivity contribution < 1.29 is 13.5 Å². The van der Waals surface area contributed by atoms with E-state index < -0.39 is 5.92 Å². The summed E-state index contributed by atoms with van der Waals surface area (Å²) in [5.41, 5.74) is 4.25. The molecule has 5 aromatic rings. The molecule has 184 valence electrons. The molecular weight excluding hydrogens is 488 g/mol. The van der Waals surface area contributed by atoms with Crippen LogP contribution in [0, 0.1) is 6.92 Å². The average Bonchev–Trinajstić information content (AvgIpc) is 3.56. The fourth-order valence-electron chi connectivity index (χ4n) is 4.41. The number of aromatic amines is 1. The van der Waals surface area contributed by atoms with Crippen molar-refractivity contribution in [1.29, 1.82) is 0 Å². The van der Waals surface area contributed by atoms with Crippen LogP contribution in [0.2, 0.25) is 5.02 Å². The molecule has 2 aromatic carbocycles. The Balaban J connectivity index is 1.22. The van der Waals surface area contributed by atoms with E-state index in [9.17, 15) is 8.78 Å². The predicted molar refractivity (Wildman–Crippen MR) is 133 cm³/mol. The topological polar surface area (TPSA) is 84.8 Å². The molecule has 1 N–H and O–H groups in total. The molecule has 4 heterocycles. The predicted octanol–water partition coefficient (Wildman–Crippen LogP) is 5.46. The number of likely N-dealkylation sites (tertiary alicyclic amines) is 1. The quantitative estimate of drug-likeness (QED) is 0.327. The third-order valence-electron chi connectivity index (χ3n) is 6.24. The smallest absolute Gasteiger partial charge is 0.261 e. The second-order valence-electron chi connectivity index (χ2n) is 8.98. The van der Waals surface area contributed by atoms with Crippen LogP contribution in [0.25, 0.3) is 33.3 Å². The van der Waals surface area contributed by atoms with E-state index in [4.69, 9.17) is 21.3 Å². The van der Waals surface area contributed by atoms with Crippen LogP contribution in [0.3, 0.4) is 0 Å². The Labute approximate surface area is 209 Å². The Morgan fingerprint density at radius 3 is 2.81 bits per heavy atom. The first kappa shape index (κ1) is 22.8. The number of hydrogen-bond donors (Lipinski definition) is 1. The second kappa shape index (κ2) is 8.79. The Hall–Kier alpha value is -3.63. The molecule has 0 unspecified atom stereocenters. The maximum absolute atomic E-state index is 13.4. The summed E-state index contributed by atoms with van der Waals surface area (Å²) in [6.07, 6.45) is 5.09. The van der Waals surface area contributed by atoms with E-state index in [2.05, 4.69) is 20.1 Å². The van der Waals surface area contributed by atoms with Gasteiger partial charge in [-0.3, -0.25) is 14.6 Å². The van der Waals surface area contributed by atoms with Crippen LogP contribution in [0.5, 0.6) is 11.5 Å². The summed E-state index contributed by atoms with van der Waals surface area (Å²) in [5, 5.41) is 4.71. The molecule has 3 aromatic heterocycles. The summed E-state index contributed by atoms with van der Waals surface area (Å²) in [7, 11) is 0. The Morgan fingerprint density at radius 1 is 1.11 bits per heavy atom. The monoisotopic (exact) mass is 509 g/mol. The van der Waals surface area contributed by atoms with Crippen molar-refractivity contribution in [3.63, 3.8) is 0 Å². The third kappa shape index (κ3) is 4.49. The van der Waals surface area contributed by atoms with Crippen molar-refractivity contribution in [1.82, 2.24) is 34.6 Å². The van der Waals surface area contributed by atoms with Gasteiger partial charge in [0.1, 0.15) is 27.9 Å². The summed E-state index contributed by atoms with van der Waals surface area (Å²) in [6, 6.07) is 9.16. The lowest BCUT2D eigenvalue weighted by atomic mass is 10.2. The molecule has 1 saturated heterocycles. The summed E-state index contributed by atoms with van der Waals surface area (Å²) >= 11 is 6.69. The zero-order valence-corrected chi connectivity index (χ0v) is 20.1. The summed E-state index contributed by atoms with van der Waals surface area (Å²) in [6.45, 7) is 3.12. The fraction of sp³-hybridized carbons (Fsp3) is 0.280. The third-order valence-corrected chi connectivity index (χ3v) is 6.61. The van der Waals surface area contributed by atoms with Gasteiger partial charge in [-0.1, -0.05) is 11.6 Å². The minimum atomic E-state index is -2.59. The van der Waals surface area contributed by atoms with E-state index in [0.29, 0.717) is 52.9 Å². The van der Waals surface area contributed by atoms with Gasteiger partial charge in [-0.15, -0.1) is 0 Å². The molecule has 0 bridgehead atoms. The summed E-state index contributed by atoms with van der Waals surface area (Å²) < 4.78 is 34.6. The minimum absolute atomic E-state index is 0.0893. The molecule has 1 aliphatic heterocycles. The molecule has 1 fully saturated rings. The van der Waals surface area contributed by atoms with Crippen LogP contribution in [-0.2, 0) is 6.54 Å².